The van der Waals surface area contributed by atoms with E-state index in [1.54, 1.807) is 13.1 Å². The van der Waals surface area contributed by atoms with Crippen molar-refractivity contribution >= 4 is 12.2 Å². The predicted molar refractivity (Wildman–Crippen MR) is 42.6 cm³/mol. The summed E-state index contributed by atoms with van der Waals surface area (Å²) in [7, 11) is 0. The molecular weight excluding hydrogens is 142 g/mol. The van der Waals surface area contributed by atoms with Crippen LogP contribution in [-0.2, 0) is 4.79 Å². The van der Waals surface area contributed by atoms with Gasteiger partial charge in [0.25, 0.3) is 0 Å². The maximum Gasteiger partial charge on any atom is 0.306 e. The van der Waals surface area contributed by atoms with E-state index in [0.29, 0.717) is 6.42 Å². The van der Waals surface area contributed by atoms with E-state index in [9.17, 15) is 4.79 Å². The molecule has 1 unspecified atom stereocenters. The topological polar surface area (TPSA) is 49.7 Å². The van der Waals surface area contributed by atoms with Crippen molar-refractivity contribution in [2.75, 3.05) is 0 Å². The highest BCUT2D eigenvalue weighted by atomic mass is 16.4. The van der Waals surface area contributed by atoms with Gasteiger partial charge in [-0.05, 0) is 0 Å². The van der Waals surface area contributed by atoms with E-state index in [1.165, 1.54) is 0 Å². The van der Waals surface area contributed by atoms with Gasteiger partial charge in [0.2, 0.25) is 0 Å². The summed E-state index contributed by atoms with van der Waals surface area (Å²) < 4.78 is 0. The molecule has 0 aliphatic carbocycles. The Kier molecular flexibility index (Phi) is 2.41. The number of hydrogen-bond donors (Lipinski definition) is 1. The number of carbonyl (C=O) groups is 1. The van der Waals surface area contributed by atoms with Gasteiger partial charge >= 0.3 is 5.97 Å². The molecule has 1 N–H and O–H groups in total. The van der Waals surface area contributed by atoms with Gasteiger partial charge in [0.15, 0.2) is 0 Å². The SMILES string of the molecule is CC(CC1=CCC=N1)C(=O)O. The van der Waals surface area contributed by atoms with E-state index >= 15 is 0 Å². The van der Waals surface area contributed by atoms with Crippen molar-refractivity contribution in [1.82, 2.24) is 0 Å². The van der Waals surface area contributed by atoms with Gasteiger partial charge in [-0.3, -0.25) is 9.79 Å². The summed E-state index contributed by atoms with van der Waals surface area (Å²) in [6.45, 7) is 1.69. The van der Waals surface area contributed by atoms with Crippen LogP contribution in [0.5, 0.6) is 0 Å². The Morgan fingerprint density at radius 2 is 2.64 bits per heavy atom. The van der Waals surface area contributed by atoms with Crippen molar-refractivity contribution in [2.45, 2.75) is 19.8 Å². The van der Waals surface area contributed by atoms with Gasteiger partial charge in [-0.1, -0.05) is 13.0 Å². The maximum atomic E-state index is 10.4. The first-order valence-electron chi connectivity index (χ1n) is 3.64. The largest absolute Gasteiger partial charge is 0.481 e. The van der Waals surface area contributed by atoms with Crippen molar-refractivity contribution in [1.29, 1.82) is 0 Å². The zero-order valence-corrected chi connectivity index (χ0v) is 6.45. The molecule has 0 radical (unpaired) electrons. The molecule has 1 rings (SSSR count). The van der Waals surface area contributed by atoms with Crippen molar-refractivity contribution in [2.24, 2.45) is 10.9 Å². The lowest BCUT2D eigenvalue weighted by atomic mass is 10.1. The molecule has 1 aliphatic heterocycles. The zero-order valence-electron chi connectivity index (χ0n) is 6.45. The molecule has 0 saturated carbocycles. The lowest BCUT2D eigenvalue weighted by molar-refractivity contribution is -0.141. The molecule has 0 saturated heterocycles. The molecule has 1 atom stereocenters. The van der Waals surface area contributed by atoms with Gasteiger partial charge < -0.3 is 5.11 Å². The third-order valence-corrected chi connectivity index (χ3v) is 1.65. The van der Waals surface area contributed by atoms with Gasteiger partial charge in [0.1, 0.15) is 0 Å². The number of aliphatic carboxylic acids is 1. The summed E-state index contributed by atoms with van der Waals surface area (Å²) in [5.41, 5.74) is 0.903. The number of carboxylic acids is 1. The molecule has 60 valence electrons. The quantitative estimate of drug-likeness (QED) is 0.667. The Balaban J connectivity index is 2.42. The first kappa shape index (κ1) is 7.98. The zero-order chi connectivity index (χ0) is 8.27. The van der Waals surface area contributed by atoms with Gasteiger partial charge in [-0.15, -0.1) is 0 Å². The molecule has 0 bridgehead atoms. The molecule has 3 heteroatoms. The van der Waals surface area contributed by atoms with Crippen molar-refractivity contribution in [3.63, 3.8) is 0 Å². The van der Waals surface area contributed by atoms with Crippen LogP contribution in [0.25, 0.3) is 0 Å². The monoisotopic (exact) mass is 153 g/mol. The Labute approximate surface area is 65.4 Å². The third-order valence-electron chi connectivity index (χ3n) is 1.65. The van der Waals surface area contributed by atoms with E-state index in [-0.39, 0.29) is 5.92 Å². The second-order valence-corrected chi connectivity index (χ2v) is 2.69. The van der Waals surface area contributed by atoms with E-state index in [1.807, 2.05) is 6.08 Å². The molecule has 0 aromatic heterocycles. The van der Waals surface area contributed by atoms with Crippen LogP contribution < -0.4 is 0 Å². The highest BCUT2D eigenvalue weighted by molar-refractivity contribution is 5.70. The first-order valence-corrected chi connectivity index (χ1v) is 3.64. The normalized spacial score (nSPS) is 18.1. The van der Waals surface area contributed by atoms with E-state index in [0.717, 1.165) is 12.1 Å². The lowest BCUT2D eigenvalue weighted by Crippen LogP contribution is -2.09. The van der Waals surface area contributed by atoms with Gasteiger partial charge in [-0.2, -0.15) is 0 Å². The summed E-state index contributed by atoms with van der Waals surface area (Å²) in [6, 6.07) is 0. The predicted octanol–water partition coefficient (Wildman–Crippen LogP) is 1.46. The number of nitrogens with zero attached hydrogens (tertiary/aromatic N) is 1. The molecule has 0 aromatic carbocycles. The smallest absolute Gasteiger partial charge is 0.306 e. The minimum absolute atomic E-state index is 0.323. The molecule has 0 aromatic rings. The summed E-state index contributed by atoms with van der Waals surface area (Å²) in [4.78, 5) is 14.4. The molecule has 0 spiro atoms. The molecule has 0 amide bonds. The van der Waals surface area contributed by atoms with Crippen molar-refractivity contribution in [3.8, 4) is 0 Å². The Bertz CT molecular complexity index is 218. The van der Waals surface area contributed by atoms with Gasteiger partial charge in [-0.25, -0.2) is 0 Å². The third kappa shape index (κ3) is 2.18. The Hall–Kier alpha value is -1.12. The molecule has 11 heavy (non-hydrogen) atoms. The first-order chi connectivity index (χ1) is 5.20. The van der Waals surface area contributed by atoms with Crippen LogP contribution in [0.2, 0.25) is 0 Å². The maximum absolute atomic E-state index is 10.4. The molecule has 0 fully saturated rings. The van der Waals surface area contributed by atoms with Crippen LogP contribution in [0.1, 0.15) is 19.8 Å². The molecule has 3 nitrogen and oxygen atoms in total. The van der Waals surface area contributed by atoms with Crippen LogP contribution in [0, 0.1) is 5.92 Å². The summed E-state index contributed by atoms with van der Waals surface area (Å²) >= 11 is 0. The van der Waals surface area contributed by atoms with Gasteiger partial charge in [0, 0.05) is 24.8 Å². The number of aliphatic imine (C=N–C) groups is 1. The summed E-state index contributed by atoms with van der Waals surface area (Å²) in [6.07, 6.45) is 5.15. The van der Waals surface area contributed by atoms with E-state index in [2.05, 4.69) is 4.99 Å². The second kappa shape index (κ2) is 3.32. The number of rotatable bonds is 3. The van der Waals surface area contributed by atoms with Crippen LogP contribution in [0.4, 0.5) is 0 Å². The fraction of sp³-hybridized carbons (Fsp3) is 0.500. The highest BCUT2D eigenvalue weighted by Gasteiger charge is 2.13. The van der Waals surface area contributed by atoms with Crippen molar-refractivity contribution < 1.29 is 9.90 Å². The molecule has 1 heterocycles. The Morgan fingerprint density at radius 1 is 1.91 bits per heavy atom. The number of hydrogen-bond acceptors (Lipinski definition) is 2. The number of allylic oxidation sites excluding steroid dienone is 2. The average Bonchev–Trinajstić information content (AvgIpc) is 2.39. The fourth-order valence-corrected chi connectivity index (χ4v) is 0.948. The van der Waals surface area contributed by atoms with E-state index < -0.39 is 5.97 Å². The van der Waals surface area contributed by atoms with Crippen LogP contribution in [0.15, 0.2) is 16.8 Å². The molecule has 1 aliphatic rings. The second-order valence-electron chi connectivity index (χ2n) is 2.69. The van der Waals surface area contributed by atoms with Crippen molar-refractivity contribution in [3.05, 3.63) is 11.8 Å². The van der Waals surface area contributed by atoms with Crippen LogP contribution in [-0.4, -0.2) is 17.3 Å². The van der Waals surface area contributed by atoms with Gasteiger partial charge in [0.05, 0.1) is 5.92 Å². The fourth-order valence-electron chi connectivity index (χ4n) is 0.948. The van der Waals surface area contributed by atoms with Crippen LogP contribution in [0.3, 0.4) is 0 Å². The lowest BCUT2D eigenvalue weighted by Gasteiger charge is -2.03. The summed E-state index contributed by atoms with van der Waals surface area (Å²) in [5, 5.41) is 8.56. The summed E-state index contributed by atoms with van der Waals surface area (Å²) in [5.74, 6) is -1.08. The standard InChI is InChI=1S/C8H11NO2/c1-6(8(10)11)5-7-3-2-4-9-7/h3-4,6H,2,5H2,1H3,(H,10,11). The minimum atomic E-state index is -0.756. The highest BCUT2D eigenvalue weighted by Crippen LogP contribution is 2.15. The Morgan fingerprint density at radius 3 is 3.09 bits per heavy atom. The molecular formula is C8H11NO2. The minimum Gasteiger partial charge on any atom is -0.481 e. The average molecular weight is 153 g/mol. The number of carboxylic acid groups (broad SMARTS) is 1. The van der Waals surface area contributed by atoms with Crippen LogP contribution >= 0.6 is 0 Å². The van der Waals surface area contributed by atoms with E-state index in [4.69, 9.17) is 5.11 Å².